The minimum Gasteiger partial charge on any atom is -0.326 e. The van der Waals surface area contributed by atoms with Crippen LogP contribution in [0.1, 0.15) is 12.5 Å². The standard InChI is InChI=1S/C21H14Cl2FN5O2S/c22-11-2-1-3-13(6-11)29-19-15(9-25-29)20(31)28-14(10-32-21(28)27-19)8-18(30)26-12-4-5-17(24)16(23)7-12/h1-7,9,14H,8,10H2,(H,26,30). The lowest BCUT2D eigenvalue weighted by molar-refractivity contribution is -0.116. The van der Waals surface area contributed by atoms with Crippen molar-refractivity contribution in [3.63, 3.8) is 0 Å². The van der Waals surface area contributed by atoms with Crippen molar-refractivity contribution in [2.75, 3.05) is 11.1 Å². The molecule has 1 aliphatic rings. The van der Waals surface area contributed by atoms with Crippen molar-refractivity contribution in [2.45, 2.75) is 17.6 Å². The third kappa shape index (κ3) is 3.76. The van der Waals surface area contributed by atoms with Gasteiger partial charge in [-0.1, -0.05) is 41.0 Å². The van der Waals surface area contributed by atoms with Gasteiger partial charge in [-0.3, -0.25) is 14.2 Å². The summed E-state index contributed by atoms with van der Waals surface area (Å²) in [5.74, 6) is -0.352. The number of hydrogen-bond acceptors (Lipinski definition) is 5. The summed E-state index contributed by atoms with van der Waals surface area (Å²) in [5, 5.41) is 8.35. The smallest absolute Gasteiger partial charge is 0.265 e. The first-order chi connectivity index (χ1) is 15.4. The molecule has 1 unspecified atom stereocenters. The molecule has 5 rings (SSSR count). The third-order valence-electron chi connectivity index (χ3n) is 5.05. The van der Waals surface area contributed by atoms with Crippen LogP contribution in [0.2, 0.25) is 10.0 Å². The third-order valence-corrected chi connectivity index (χ3v) is 6.67. The second-order valence-corrected chi connectivity index (χ2v) is 9.02. The van der Waals surface area contributed by atoms with E-state index in [1.54, 1.807) is 22.9 Å². The van der Waals surface area contributed by atoms with Crippen molar-refractivity contribution >= 4 is 57.6 Å². The van der Waals surface area contributed by atoms with Crippen LogP contribution in [0.15, 0.2) is 58.6 Å². The number of amides is 1. The van der Waals surface area contributed by atoms with E-state index in [1.165, 1.54) is 40.7 Å². The SMILES string of the molecule is O=C(CC1CSc2nc3c(cnn3-c3cccc(Cl)c3)c(=O)n21)Nc1ccc(F)c(Cl)c1. The van der Waals surface area contributed by atoms with Crippen molar-refractivity contribution < 1.29 is 9.18 Å². The summed E-state index contributed by atoms with van der Waals surface area (Å²) < 4.78 is 16.4. The molecule has 0 aliphatic carbocycles. The van der Waals surface area contributed by atoms with Crippen molar-refractivity contribution in [1.29, 1.82) is 0 Å². The second-order valence-electron chi connectivity index (χ2n) is 7.19. The highest BCUT2D eigenvalue weighted by Crippen LogP contribution is 2.34. The zero-order chi connectivity index (χ0) is 22.4. The van der Waals surface area contributed by atoms with Crippen molar-refractivity contribution in [3.8, 4) is 5.69 Å². The largest absolute Gasteiger partial charge is 0.326 e. The first-order valence-electron chi connectivity index (χ1n) is 9.54. The molecule has 7 nitrogen and oxygen atoms in total. The zero-order valence-corrected chi connectivity index (χ0v) is 18.6. The van der Waals surface area contributed by atoms with E-state index in [4.69, 9.17) is 23.2 Å². The van der Waals surface area contributed by atoms with Gasteiger partial charge in [0.25, 0.3) is 5.56 Å². The molecule has 1 amide bonds. The Kier molecular flexibility index (Phi) is 5.40. The van der Waals surface area contributed by atoms with Crippen LogP contribution in [0.25, 0.3) is 16.7 Å². The van der Waals surface area contributed by atoms with Gasteiger partial charge in [-0.05, 0) is 36.4 Å². The van der Waals surface area contributed by atoms with Gasteiger partial charge in [-0.15, -0.1) is 0 Å². The second kappa shape index (κ2) is 8.23. The number of carbonyl (C=O) groups is 1. The Morgan fingerprint density at radius 2 is 2.09 bits per heavy atom. The molecule has 32 heavy (non-hydrogen) atoms. The highest BCUT2D eigenvalue weighted by atomic mass is 35.5. The Bertz CT molecular complexity index is 1440. The molecule has 2 aromatic heterocycles. The van der Waals surface area contributed by atoms with E-state index in [-0.39, 0.29) is 29.0 Å². The maximum Gasteiger partial charge on any atom is 0.265 e. The van der Waals surface area contributed by atoms with Gasteiger partial charge in [0.1, 0.15) is 11.2 Å². The Morgan fingerprint density at radius 3 is 2.88 bits per heavy atom. The Labute approximate surface area is 195 Å². The van der Waals surface area contributed by atoms with Crippen molar-refractivity contribution in [3.05, 3.63) is 74.9 Å². The Morgan fingerprint density at radius 1 is 1.25 bits per heavy atom. The molecule has 162 valence electrons. The van der Waals surface area contributed by atoms with Crippen molar-refractivity contribution in [1.82, 2.24) is 19.3 Å². The number of halogens is 3. The average molecular weight is 490 g/mol. The van der Waals surface area contributed by atoms with Gasteiger partial charge in [0.2, 0.25) is 5.91 Å². The molecule has 1 atom stereocenters. The van der Waals surface area contributed by atoms with E-state index in [2.05, 4.69) is 15.4 Å². The number of anilines is 1. The number of carbonyl (C=O) groups excluding carboxylic acids is 1. The molecule has 0 saturated carbocycles. The molecule has 2 aromatic carbocycles. The van der Waals surface area contributed by atoms with Crippen LogP contribution < -0.4 is 10.9 Å². The van der Waals surface area contributed by atoms with Gasteiger partial charge in [0.05, 0.1) is 22.9 Å². The predicted octanol–water partition coefficient (Wildman–Crippen LogP) is 4.70. The molecule has 0 bridgehead atoms. The number of fused-ring (bicyclic) bond motifs is 2. The predicted molar refractivity (Wildman–Crippen MR) is 123 cm³/mol. The van der Waals surface area contributed by atoms with E-state index < -0.39 is 5.82 Å². The lowest BCUT2D eigenvalue weighted by atomic mass is 10.2. The highest BCUT2D eigenvalue weighted by Gasteiger charge is 2.29. The summed E-state index contributed by atoms with van der Waals surface area (Å²) in [6.07, 6.45) is 1.53. The lowest BCUT2D eigenvalue weighted by Crippen LogP contribution is -2.27. The molecule has 3 heterocycles. The summed E-state index contributed by atoms with van der Waals surface area (Å²) >= 11 is 13.3. The summed E-state index contributed by atoms with van der Waals surface area (Å²) in [6.45, 7) is 0. The van der Waals surface area contributed by atoms with Gasteiger partial charge >= 0.3 is 0 Å². The number of benzene rings is 2. The van der Waals surface area contributed by atoms with Gasteiger partial charge in [0.15, 0.2) is 10.8 Å². The van der Waals surface area contributed by atoms with Crippen LogP contribution in [0.3, 0.4) is 0 Å². The topological polar surface area (TPSA) is 81.8 Å². The Hall–Kier alpha value is -2.88. The molecule has 0 fully saturated rings. The fraction of sp³-hybridized carbons (Fsp3) is 0.143. The Balaban J connectivity index is 1.44. The van der Waals surface area contributed by atoms with Crippen LogP contribution >= 0.6 is 35.0 Å². The first-order valence-corrected chi connectivity index (χ1v) is 11.3. The highest BCUT2D eigenvalue weighted by molar-refractivity contribution is 7.99. The van der Waals surface area contributed by atoms with E-state index in [1.807, 2.05) is 6.07 Å². The maximum atomic E-state index is 13.3. The maximum absolute atomic E-state index is 13.3. The zero-order valence-electron chi connectivity index (χ0n) is 16.3. The fourth-order valence-corrected chi connectivity index (χ4v) is 5.07. The lowest BCUT2D eigenvalue weighted by Gasteiger charge is -2.13. The number of nitrogens with zero attached hydrogens (tertiary/aromatic N) is 4. The molecular weight excluding hydrogens is 476 g/mol. The number of hydrogen-bond donors (Lipinski definition) is 1. The number of thioether (sulfide) groups is 1. The summed E-state index contributed by atoms with van der Waals surface area (Å²) in [4.78, 5) is 30.4. The van der Waals surface area contributed by atoms with Gasteiger partial charge in [-0.2, -0.15) is 5.10 Å². The van der Waals surface area contributed by atoms with Gasteiger partial charge in [0, 0.05) is 22.9 Å². The van der Waals surface area contributed by atoms with Crippen LogP contribution in [-0.4, -0.2) is 31.0 Å². The quantitative estimate of drug-likeness (QED) is 0.420. The normalized spacial score (nSPS) is 15.2. The molecule has 0 spiro atoms. The van der Waals surface area contributed by atoms with Gasteiger partial charge < -0.3 is 5.32 Å². The van der Waals surface area contributed by atoms with Crippen LogP contribution in [0.5, 0.6) is 0 Å². The van der Waals surface area contributed by atoms with E-state index in [9.17, 15) is 14.0 Å². The molecular formula is C21H14Cl2FN5O2S. The van der Waals surface area contributed by atoms with Crippen molar-refractivity contribution in [2.24, 2.45) is 0 Å². The van der Waals surface area contributed by atoms with Crippen LogP contribution in [0.4, 0.5) is 10.1 Å². The van der Waals surface area contributed by atoms with Gasteiger partial charge in [-0.25, -0.2) is 14.1 Å². The number of aromatic nitrogens is 4. The molecule has 0 saturated heterocycles. The van der Waals surface area contributed by atoms with E-state index in [0.29, 0.717) is 38.3 Å². The molecule has 1 N–H and O–H groups in total. The van der Waals surface area contributed by atoms with Crippen LogP contribution in [-0.2, 0) is 4.79 Å². The molecule has 11 heteroatoms. The fourth-order valence-electron chi connectivity index (χ4n) is 3.58. The summed E-state index contributed by atoms with van der Waals surface area (Å²) in [7, 11) is 0. The average Bonchev–Trinajstić information content (AvgIpc) is 3.36. The van der Waals surface area contributed by atoms with E-state index in [0.717, 1.165) is 0 Å². The summed E-state index contributed by atoms with van der Waals surface area (Å²) in [6, 6.07) is 10.7. The van der Waals surface area contributed by atoms with E-state index >= 15 is 0 Å². The summed E-state index contributed by atoms with van der Waals surface area (Å²) in [5.41, 5.74) is 1.25. The van der Waals surface area contributed by atoms with Crippen LogP contribution in [0, 0.1) is 5.82 Å². The minimum absolute atomic E-state index is 0.0600. The minimum atomic E-state index is -0.564. The number of rotatable bonds is 4. The monoisotopic (exact) mass is 489 g/mol. The number of nitrogens with one attached hydrogen (secondary N) is 1. The molecule has 0 radical (unpaired) electrons. The molecule has 1 aliphatic heterocycles. The molecule has 4 aromatic rings. The first kappa shape index (κ1) is 21.0.